The van der Waals surface area contributed by atoms with Crippen LogP contribution in [-0.4, -0.2) is 36.6 Å². The Balaban J connectivity index is 0. The normalized spacial score (nSPS) is 7.62. The smallest absolute Gasteiger partial charge is 0.413 e. The maximum absolute atomic E-state index is 10.1. The van der Waals surface area contributed by atoms with Gasteiger partial charge < -0.3 is 20.9 Å². The van der Waals surface area contributed by atoms with Gasteiger partial charge in [0.1, 0.15) is 0 Å². The number of rotatable bonds is 0. The van der Waals surface area contributed by atoms with Gasteiger partial charge in [-0.3, -0.25) is 10.6 Å². The summed E-state index contributed by atoms with van der Waals surface area (Å²) in [5.41, 5.74) is 9.78. The molecule has 0 spiro atoms. The first-order valence-electron chi connectivity index (χ1n) is 3.62. The van der Waals surface area contributed by atoms with Crippen LogP contribution in [0.25, 0.3) is 0 Å². The molecule has 0 heterocycles. The van der Waals surface area contributed by atoms with Crippen molar-refractivity contribution >= 4 is 46.8 Å². The lowest BCUT2D eigenvalue weighted by Gasteiger charge is -1.96. The summed E-state index contributed by atoms with van der Waals surface area (Å²) in [6.45, 7) is 0. The zero-order valence-electron chi connectivity index (χ0n) is 8.60. The van der Waals surface area contributed by atoms with Crippen LogP contribution in [0.4, 0.5) is 9.59 Å². The summed E-state index contributed by atoms with van der Waals surface area (Å²) in [7, 11) is 2.46. The third-order valence-corrected chi connectivity index (χ3v) is 1.03. The van der Waals surface area contributed by atoms with Gasteiger partial charge >= 0.3 is 12.2 Å². The van der Waals surface area contributed by atoms with Gasteiger partial charge in [0.15, 0.2) is 10.2 Å². The standard InChI is InChI=1S/2C3H6N2O2S/c2*1-7-3(6)5-2(4)8/h2*1H3,(H3,4,5,6,8). The van der Waals surface area contributed by atoms with E-state index in [1.165, 1.54) is 14.2 Å². The van der Waals surface area contributed by atoms with Crippen LogP contribution in [0.15, 0.2) is 0 Å². The fourth-order valence-electron chi connectivity index (χ4n) is 0.303. The number of carbonyl (C=O) groups is 2. The van der Waals surface area contributed by atoms with Gasteiger partial charge in [0.05, 0.1) is 14.2 Å². The number of nitrogens with one attached hydrogen (secondary N) is 2. The summed E-state index contributed by atoms with van der Waals surface area (Å²) < 4.78 is 8.29. The van der Waals surface area contributed by atoms with Crippen LogP contribution in [0.2, 0.25) is 0 Å². The molecule has 0 rings (SSSR count). The zero-order chi connectivity index (χ0) is 13.1. The molecule has 0 aliphatic heterocycles. The minimum Gasteiger partial charge on any atom is -0.453 e. The maximum Gasteiger partial charge on any atom is 0.413 e. The molecule has 16 heavy (non-hydrogen) atoms. The molecule has 0 radical (unpaired) electrons. The number of thiocarbonyl (C=S) groups is 2. The second-order valence-electron chi connectivity index (χ2n) is 1.96. The molecule has 6 N–H and O–H groups in total. The van der Waals surface area contributed by atoms with E-state index in [2.05, 4.69) is 33.9 Å². The molecule has 0 aromatic heterocycles. The Morgan fingerprint density at radius 3 is 1.25 bits per heavy atom. The van der Waals surface area contributed by atoms with E-state index in [4.69, 9.17) is 11.5 Å². The highest BCUT2D eigenvalue weighted by Crippen LogP contribution is 1.68. The molecular formula is C6H12N4O4S2. The molecular weight excluding hydrogens is 256 g/mol. The second-order valence-corrected chi connectivity index (χ2v) is 2.84. The van der Waals surface area contributed by atoms with Crippen molar-refractivity contribution in [2.45, 2.75) is 0 Å². The molecule has 0 unspecified atom stereocenters. The van der Waals surface area contributed by atoms with E-state index in [-0.39, 0.29) is 10.2 Å². The van der Waals surface area contributed by atoms with E-state index in [1.54, 1.807) is 0 Å². The molecule has 0 aromatic carbocycles. The lowest BCUT2D eigenvalue weighted by atomic mass is 11.0. The number of amides is 2. The van der Waals surface area contributed by atoms with Gasteiger partial charge in [-0.05, 0) is 24.4 Å². The average Bonchev–Trinajstić information content (AvgIpc) is 2.16. The van der Waals surface area contributed by atoms with Crippen molar-refractivity contribution in [3.63, 3.8) is 0 Å². The Morgan fingerprint density at radius 2 is 1.19 bits per heavy atom. The number of hydrogen-bond acceptors (Lipinski definition) is 6. The van der Waals surface area contributed by atoms with Gasteiger partial charge in [-0.25, -0.2) is 9.59 Å². The molecule has 0 aliphatic carbocycles. The van der Waals surface area contributed by atoms with Crippen molar-refractivity contribution in [1.29, 1.82) is 0 Å². The Kier molecular flexibility index (Phi) is 10.3. The molecule has 0 saturated heterocycles. The van der Waals surface area contributed by atoms with Crippen LogP contribution in [-0.2, 0) is 9.47 Å². The third kappa shape index (κ3) is 14.8. The molecule has 0 aromatic rings. The SMILES string of the molecule is COC(=O)NC(N)=S.COC(=O)NC(N)=S. The fraction of sp³-hybridized carbons (Fsp3) is 0.333. The van der Waals surface area contributed by atoms with Crippen molar-refractivity contribution in [3.05, 3.63) is 0 Å². The molecule has 0 aliphatic rings. The lowest BCUT2D eigenvalue weighted by molar-refractivity contribution is 0.176. The summed E-state index contributed by atoms with van der Waals surface area (Å²) in [6, 6.07) is 0. The molecule has 0 bridgehead atoms. The summed E-state index contributed by atoms with van der Waals surface area (Å²) in [6.07, 6.45) is -1.28. The highest BCUT2D eigenvalue weighted by atomic mass is 32.1. The molecule has 0 fully saturated rings. The minimum atomic E-state index is -0.641. The molecule has 8 nitrogen and oxygen atoms in total. The topological polar surface area (TPSA) is 129 Å². The Morgan fingerprint density at radius 1 is 0.938 bits per heavy atom. The number of carbonyl (C=O) groups excluding carboxylic acids is 2. The van der Waals surface area contributed by atoms with Crippen molar-refractivity contribution in [2.24, 2.45) is 11.5 Å². The van der Waals surface area contributed by atoms with Gasteiger partial charge in [0, 0.05) is 0 Å². The molecule has 0 atom stereocenters. The maximum atomic E-state index is 10.1. The van der Waals surface area contributed by atoms with Crippen molar-refractivity contribution in [1.82, 2.24) is 10.6 Å². The van der Waals surface area contributed by atoms with E-state index >= 15 is 0 Å². The summed E-state index contributed by atoms with van der Waals surface area (Å²) in [4.78, 5) is 20.2. The van der Waals surface area contributed by atoms with E-state index in [1.807, 2.05) is 10.6 Å². The van der Waals surface area contributed by atoms with Gasteiger partial charge in [-0.1, -0.05) is 0 Å². The lowest BCUT2D eigenvalue weighted by Crippen LogP contribution is -2.34. The number of methoxy groups -OCH3 is 2. The summed E-state index contributed by atoms with van der Waals surface area (Å²) >= 11 is 8.61. The number of alkyl carbamates (subject to hydrolysis) is 2. The molecule has 0 saturated carbocycles. The first-order valence-corrected chi connectivity index (χ1v) is 4.44. The Hall–Kier alpha value is -1.68. The van der Waals surface area contributed by atoms with E-state index < -0.39 is 12.2 Å². The van der Waals surface area contributed by atoms with E-state index in [9.17, 15) is 9.59 Å². The van der Waals surface area contributed by atoms with E-state index in [0.29, 0.717) is 0 Å². The van der Waals surface area contributed by atoms with E-state index in [0.717, 1.165) is 0 Å². The molecule has 92 valence electrons. The highest BCUT2D eigenvalue weighted by molar-refractivity contribution is 7.80. The van der Waals surface area contributed by atoms with Gasteiger partial charge in [0.2, 0.25) is 0 Å². The largest absolute Gasteiger partial charge is 0.453 e. The fourth-order valence-corrected chi connectivity index (χ4v) is 0.470. The van der Waals surface area contributed by atoms with Crippen molar-refractivity contribution < 1.29 is 19.1 Å². The van der Waals surface area contributed by atoms with Crippen LogP contribution in [0.5, 0.6) is 0 Å². The Bertz CT molecular complexity index is 256. The predicted octanol–water partition coefficient (Wildman–Crippen LogP) is -0.828. The summed E-state index contributed by atoms with van der Waals surface area (Å²) in [5, 5.41) is 3.91. The number of ether oxygens (including phenoxy) is 2. The zero-order valence-corrected chi connectivity index (χ0v) is 10.2. The number of hydrogen-bond donors (Lipinski definition) is 4. The third-order valence-electron chi connectivity index (χ3n) is 0.821. The van der Waals surface area contributed by atoms with Gasteiger partial charge in [0.25, 0.3) is 0 Å². The van der Waals surface area contributed by atoms with Crippen LogP contribution in [0.3, 0.4) is 0 Å². The first kappa shape index (κ1) is 16.7. The second kappa shape index (κ2) is 9.86. The molecule has 10 heteroatoms. The van der Waals surface area contributed by atoms with Crippen LogP contribution in [0.1, 0.15) is 0 Å². The Labute approximate surface area is 103 Å². The average molecular weight is 268 g/mol. The summed E-state index contributed by atoms with van der Waals surface area (Å²) in [5.74, 6) is 0. The molecule has 2 amide bonds. The van der Waals surface area contributed by atoms with Crippen molar-refractivity contribution in [2.75, 3.05) is 14.2 Å². The minimum absolute atomic E-state index is 0.0862. The first-order chi connectivity index (χ1) is 7.33. The monoisotopic (exact) mass is 268 g/mol. The van der Waals surface area contributed by atoms with Crippen LogP contribution >= 0.6 is 24.4 Å². The van der Waals surface area contributed by atoms with Crippen LogP contribution in [0, 0.1) is 0 Å². The van der Waals surface area contributed by atoms with Crippen molar-refractivity contribution in [3.8, 4) is 0 Å². The van der Waals surface area contributed by atoms with Gasteiger partial charge in [-0.2, -0.15) is 0 Å². The quantitative estimate of drug-likeness (QED) is 0.419. The number of nitrogens with two attached hydrogens (primary N) is 2. The van der Waals surface area contributed by atoms with Gasteiger partial charge in [-0.15, -0.1) is 0 Å². The predicted molar refractivity (Wildman–Crippen MR) is 64.7 cm³/mol. The highest BCUT2D eigenvalue weighted by Gasteiger charge is 1.96. The van der Waals surface area contributed by atoms with Crippen LogP contribution < -0.4 is 22.1 Å².